The number of aryl methyl sites for hydroxylation is 2. The average Bonchev–Trinajstić information content (AvgIpc) is 3.21. The minimum Gasteiger partial charge on any atom is -0.467 e. The van der Waals surface area contributed by atoms with Crippen molar-refractivity contribution >= 4 is 27.5 Å². The number of fused-ring (bicyclic) bond motifs is 3. The molecule has 0 fully saturated rings. The molecule has 1 aliphatic rings. The normalized spacial score (nSPS) is 14.2. The number of rotatable bonds is 5. The van der Waals surface area contributed by atoms with Crippen LogP contribution in [0.2, 0.25) is 0 Å². The molecule has 1 aliphatic carbocycles. The van der Waals surface area contributed by atoms with E-state index >= 15 is 0 Å². The van der Waals surface area contributed by atoms with Crippen molar-refractivity contribution in [3.8, 4) is 5.88 Å². The maximum Gasteiger partial charge on any atom is 0.258 e. The Bertz CT molecular complexity index is 955. The molecule has 5 nitrogen and oxygen atoms in total. The maximum absolute atomic E-state index is 13.0. The molecule has 2 aromatic heterocycles. The molecular formula is C19H18FN3O2S. The highest BCUT2D eigenvalue weighted by Crippen LogP contribution is 2.39. The van der Waals surface area contributed by atoms with Crippen LogP contribution in [0.1, 0.15) is 35.4 Å². The first-order valence-electron chi connectivity index (χ1n) is 8.54. The monoisotopic (exact) mass is 371 g/mol. The van der Waals surface area contributed by atoms with Gasteiger partial charge in [0.15, 0.2) is 6.61 Å². The van der Waals surface area contributed by atoms with E-state index in [1.165, 1.54) is 28.9 Å². The first-order valence-corrected chi connectivity index (χ1v) is 9.36. The molecule has 2 heterocycles. The first kappa shape index (κ1) is 16.9. The molecule has 26 heavy (non-hydrogen) atoms. The van der Waals surface area contributed by atoms with E-state index in [0.29, 0.717) is 5.88 Å². The van der Waals surface area contributed by atoms with E-state index in [-0.39, 0.29) is 24.4 Å². The summed E-state index contributed by atoms with van der Waals surface area (Å²) in [7, 11) is 0. The Hall–Kier alpha value is -2.54. The quantitative estimate of drug-likeness (QED) is 0.745. The highest BCUT2D eigenvalue weighted by atomic mass is 32.1. The molecule has 0 saturated carbocycles. The summed E-state index contributed by atoms with van der Waals surface area (Å²) in [5.41, 5.74) is 2.10. The molecule has 0 saturated heterocycles. The molecule has 134 valence electrons. The third-order valence-electron chi connectivity index (χ3n) is 4.55. The fraction of sp³-hybridized carbons (Fsp3) is 0.316. The molecule has 1 aromatic carbocycles. The second-order valence-corrected chi connectivity index (χ2v) is 7.43. The van der Waals surface area contributed by atoms with Crippen molar-refractivity contribution in [3.05, 3.63) is 52.4 Å². The summed E-state index contributed by atoms with van der Waals surface area (Å²) in [5.74, 6) is -0.0777. The molecule has 1 amide bonds. The Kier molecular flexibility index (Phi) is 4.55. The minimum atomic E-state index is -0.299. The fourth-order valence-corrected chi connectivity index (χ4v) is 4.48. The first-order chi connectivity index (χ1) is 12.6. The van der Waals surface area contributed by atoms with Crippen LogP contribution in [0.25, 0.3) is 10.2 Å². The molecule has 1 N–H and O–H groups in total. The lowest BCUT2D eigenvalue weighted by molar-refractivity contribution is -0.123. The number of ether oxygens (including phenoxy) is 1. The van der Waals surface area contributed by atoms with E-state index in [2.05, 4.69) is 15.3 Å². The van der Waals surface area contributed by atoms with Crippen molar-refractivity contribution in [2.45, 2.75) is 32.2 Å². The van der Waals surface area contributed by atoms with Gasteiger partial charge in [0.1, 0.15) is 17.0 Å². The van der Waals surface area contributed by atoms with Crippen molar-refractivity contribution in [2.75, 3.05) is 6.61 Å². The number of aromatic nitrogens is 2. The van der Waals surface area contributed by atoms with Crippen LogP contribution in [0.15, 0.2) is 30.6 Å². The number of thiophene rings is 1. The molecule has 7 heteroatoms. The molecular weight excluding hydrogens is 353 g/mol. The number of halogens is 1. The van der Waals surface area contributed by atoms with E-state index in [0.717, 1.165) is 35.0 Å². The predicted octanol–water partition coefficient (Wildman–Crippen LogP) is 3.58. The number of carbonyl (C=O) groups is 1. The topological polar surface area (TPSA) is 64.1 Å². The Morgan fingerprint density at radius 1 is 1.31 bits per heavy atom. The van der Waals surface area contributed by atoms with Gasteiger partial charge in [-0.15, -0.1) is 11.3 Å². The van der Waals surface area contributed by atoms with Gasteiger partial charge in [-0.05, 0) is 49.4 Å². The Morgan fingerprint density at radius 3 is 2.92 bits per heavy atom. The van der Waals surface area contributed by atoms with Crippen LogP contribution in [0.3, 0.4) is 0 Å². The van der Waals surface area contributed by atoms with Crippen LogP contribution in [0.4, 0.5) is 4.39 Å². The molecule has 4 rings (SSSR count). The van der Waals surface area contributed by atoms with Crippen molar-refractivity contribution in [2.24, 2.45) is 0 Å². The number of hydrogen-bond acceptors (Lipinski definition) is 5. The minimum absolute atomic E-state index is 0.123. The van der Waals surface area contributed by atoms with Crippen molar-refractivity contribution in [1.29, 1.82) is 0 Å². The summed E-state index contributed by atoms with van der Waals surface area (Å²) in [6.07, 6.45) is 4.70. The van der Waals surface area contributed by atoms with Gasteiger partial charge in [-0.3, -0.25) is 4.79 Å². The lowest BCUT2D eigenvalue weighted by atomic mass is 10.1. The fourth-order valence-electron chi connectivity index (χ4n) is 3.26. The number of hydrogen-bond donors (Lipinski definition) is 1. The van der Waals surface area contributed by atoms with E-state index in [1.807, 2.05) is 6.92 Å². The van der Waals surface area contributed by atoms with Gasteiger partial charge in [0, 0.05) is 4.88 Å². The van der Waals surface area contributed by atoms with Gasteiger partial charge in [0.05, 0.1) is 11.4 Å². The van der Waals surface area contributed by atoms with Crippen LogP contribution in [0, 0.1) is 5.82 Å². The lowest BCUT2D eigenvalue weighted by Crippen LogP contribution is -2.31. The van der Waals surface area contributed by atoms with Crippen molar-refractivity contribution < 1.29 is 13.9 Å². The standard InChI is InChI=1S/C19H18FN3O2S/c1-11(12-5-7-13(20)8-6-12)23-16(24)9-25-18-17-14-3-2-4-15(14)26-19(17)22-10-21-18/h5-8,10-11H,2-4,9H2,1H3,(H,23,24). The van der Waals surface area contributed by atoms with Gasteiger partial charge >= 0.3 is 0 Å². The van der Waals surface area contributed by atoms with Gasteiger partial charge in [0.25, 0.3) is 5.91 Å². The number of amides is 1. The Labute approximate surface area is 154 Å². The molecule has 1 atom stereocenters. The molecule has 0 spiro atoms. The molecule has 0 radical (unpaired) electrons. The van der Waals surface area contributed by atoms with E-state index < -0.39 is 0 Å². The third kappa shape index (κ3) is 3.26. The van der Waals surface area contributed by atoms with Gasteiger partial charge < -0.3 is 10.1 Å². The van der Waals surface area contributed by atoms with Crippen molar-refractivity contribution in [1.82, 2.24) is 15.3 Å². The van der Waals surface area contributed by atoms with E-state index in [1.54, 1.807) is 23.5 Å². The molecule has 0 bridgehead atoms. The van der Waals surface area contributed by atoms with Crippen LogP contribution in [-0.4, -0.2) is 22.5 Å². The molecule has 3 aromatic rings. The summed E-state index contributed by atoms with van der Waals surface area (Å²) in [6, 6.07) is 5.84. The van der Waals surface area contributed by atoms with Crippen LogP contribution in [0.5, 0.6) is 5.88 Å². The zero-order valence-electron chi connectivity index (χ0n) is 14.3. The Morgan fingerprint density at radius 2 is 2.12 bits per heavy atom. The summed E-state index contributed by atoms with van der Waals surface area (Å²) >= 11 is 1.68. The summed E-state index contributed by atoms with van der Waals surface area (Å²) in [5, 5.41) is 3.80. The summed E-state index contributed by atoms with van der Waals surface area (Å²) in [4.78, 5) is 23.0. The second-order valence-electron chi connectivity index (χ2n) is 6.35. The number of nitrogens with one attached hydrogen (secondary N) is 1. The second kappa shape index (κ2) is 6.99. The zero-order valence-corrected chi connectivity index (χ0v) is 15.1. The largest absolute Gasteiger partial charge is 0.467 e. The van der Waals surface area contributed by atoms with Gasteiger partial charge in [-0.1, -0.05) is 12.1 Å². The van der Waals surface area contributed by atoms with Gasteiger partial charge in [0.2, 0.25) is 5.88 Å². The van der Waals surface area contributed by atoms with Gasteiger partial charge in [-0.2, -0.15) is 0 Å². The van der Waals surface area contributed by atoms with Crippen molar-refractivity contribution in [3.63, 3.8) is 0 Å². The lowest BCUT2D eigenvalue weighted by Gasteiger charge is -2.14. The SMILES string of the molecule is CC(NC(=O)COc1ncnc2sc3c(c12)CCC3)c1ccc(F)cc1. The van der Waals surface area contributed by atoms with Crippen LogP contribution >= 0.6 is 11.3 Å². The van der Waals surface area contributed by atoms with E-state index in [4.69, 9.17) is 4.74 Å². The zero-order chi connectivity index (χ0) is 18.1. The van der Waals surface area contributed by atoms with Gasteiger partial charge in [-0.25, -0.2) is 14.4 Å². The summed E-state index contributed by atoms with van der Waals surface area (Å²) < 4.78 is 18.7. The third-order valence-corrected chi connectivity index (χ3v) is 5.75. The van der Waals surface area contributed by atoms with E-state index in [9.17, 15) is 9.18 Å². The predicted molar refractivity (Wildman–Crippen MR) is 97.9 cm³/mol. The number of nitrogens with zero attached hydrogens (tertiary/aromatic N) is 2. The summed E-state index contributed by atoms with van der Waals surface area (Å²) in [6.45, 7) is 1.72. The van der Waals surface area contributed by atoms with Crippen LogP contribution in [-0.2, 0) is 17.6 Å². The Balaban J connectivity index is 1.43. The van der Waals surface area contributed by atoms with Crippen LogP contribution < -0.4 is 10.1 Å². The highest BCUT2D eigenvalue weighted by molar-refractivity contribution is 7.18. The number of benzene rings is 1. The smallest absolute Gasteiger partial charge is 0.258 e. The average molecular weight is 371 g/mol. The highest BCUT2D eigenvalue weighted by Gasteiger charge is 2.22. The number of carbonyl (C=O) groups excluding carboxylic acids is 1. The molecule has 0 aliphatic heterocycles. The molecule has 1 unspecified atom stereocenters. The maximum atomic E-state index is 13.0.